The van der Waals surface area contributed by atoms with Crippen molar-refractivity contribution in [1.82, 2.24) is 0 Å². The lowest BCUT2D eigenvalue weighted by atomic mass is 10.0. The predicted molar refractivity (Wildman–Crippen MR) is 52.0 cm³/mol. The summed E-state index contributed by atoms with van der Waals surface area (Å²) in [5.74, 6) is -0.331. The topological polar surface area (TPSA) is 89.4 Å². The van der Waals surface area contributed by atoms with E-state index in [9.17, 15) is 15.2 Å². The molecule has 0 bridgehead atoms. The van der Waals surface area contributed by atoms with Crippen molar-refractivity contribution >= 4 is 5.69 Å². The predicted octanol–water partition coefficient (Wildman–Crippen LogP) is 1.71. The Morgan fingerprint density at radius 2 is 2.29 bits per heavy atom. The minimum atomic E-state index is -0.624. The maximum absolute atomic E-state index is 10.5. The molecular formula is C9H12N2O3. The zero-order valence-electron chi connectivity index (χ0n) is 7.80. The number of benzene rings is 1. The first kappa shape index (κ1) is 10.5. The van der Waals surface area contributed by atoms with Gasteiger partial charge in [0, 0.05) is 12.1 Å². The molecule has 0 saturated heterocycles. The number of nitrogens with two attached hydrogens (primary N) is 1. The third kappa shape index (κ3) is 2.00. The Hall–Kier alpha value is -1.62. The van der Waals surface area contributed by atoms with Crippen LogP contribution in [0.3, 0.4) is 0 Å². The van der Waals surface area contributed by atoms with Gasteiger partial charge in [-0.25, -0.2) is 0 Å². The average Bonchev–Trinajstić information content (AvgIpc) is 2.17. The molecule has 76 valence electrons. The van der Waals surface area contributed by atoms with Crippen molar-refractivity contribution in [3.05, 3.63) is 33.9 Å². The summed E-state index contributed by atoms with van der Waals surface area (Å²) in [5.41, 5.74) is 6.07. The molecule has 5 nitrogen and oxygen atoms in total. The fourth-order valence-corrected chi connectivity index (χ4v) is 1.15. The lowest BCUT2D eigenvalue weighted by Gasteiger charge is -2.08. The molecule has 0 aliphatic heterocycles. The standard InChI is InChI=1S/C9H12N2O3/c1-2-7(10)6-3-4-9(12)8(5-6)11(13)14/h3-5,7,12H,2,10H2,1H3/t7-/m0/s1. The molecule has 0 aliphatic rings. The number of nitrogens with zero attached hydrogens (tertiary/aromatic N) is 1. The van der Waals surface area contributed by atoms with Gasteiger partial charge in [-0.05, 0) is 18.1 Å². The molecule has 1 rings (SSSR count). The summed E-state index contributed by atoms with van der Waals surface area (Å²) in [6, 6.07) is 3.97. The Bertz CT molecular complexity index is 352. The maximum atomic E-state index is 10.5. The molecule has 0 radical (unpaired) electrons. The number of phenolic OH excluding ortho intramolecular Hbond substituents is 1. The SMILES string of the molecule is CC[C@H](N)c1ccc(O)c([N+](=O)[O-])c1. The maximum Gasteiger partial charge on any atom is 0.311 e. The van der Waals surface area contributed by atoms with E-state index in [1.54, 1.807) is 6.07 Å². The Balaban J connectivity index is 3.12. The third-order valence-corrected chi connectivity index (χ3v) is 2.06. The van der Waals surface area contributed by atoms with Crippen LogP contribution in [0.1, 0.15) is 24.9 Å². The first-order chi connectivity index (χ1) is 6.56. The number of hydrogen-bond acceptors (Lipinski definition) is 4. The van der Waals surface area contributed by atoms with Gasteiger partial charge in [-0.1, -0.05) is 13.0 Å². The lowest BCUT2D eigenvalue weighted by Crippen LogP contribution is -2.08. The number of rotatable bonds is 3. The van der Waals surface area contributed by atoms with Gasteiger partial charge < -0.3 is 10.8 Å². The summed E-state index contributed by atoms with van der Waals surface area (Å²) in [6.45, 7) is 1.89. The van der Waals surface area contributed by atoms with Crippen LogP contribution in [0.25, 0.3) is 0 Å². The van der Waals surface area contributed by atoms with Crippen molar-refractivity contribution in [1.29, 1.82) is 0 Å². The normalized spacial score (nSPS) is 12.4. The van der Waals surface area contributed by atoms with Crippen LogP contribution in [0.5, 0.6) is 5.75 Å². The van der Waals surface area contributed by atoms with E-state index in [0.29, 0.717) is 12.0 Å². The Labute approximate surface area is 81.3 Å². The van der Waals surface area contributed by atoms with Crippen LogP contribution in [0.15, 0.2) is 18.2 Å². The average molecular weight is 196 g/mol. The number of nitro groups is 1. The second-order valence-corrected chi connectivity index (χ2v) is 3.02. The van der Waals surface area contributed by atoms with Crippen LogP contribution in [0, 0.1) is 10.1 Å². The summed E-state index contributed by atoms with van der Waals surface area (Å²) in [4.78, 5) is 9.87. The fourth-order valence-electron chi connectivity index (χ4n) is 1.15. The van der Waals surface area contributed by atoms with Crippen LogP contribution in [0.4, 0.5) is 5.69 Å². The second kappa shape index (κ2) is 4.06. The van der Waals surface area contributed by atoms with E-state index < -0.39 is 4.92 Å². The van der Waals surface area contributed by atoms with Crippen molar-refractivity contribution in [3.8, 4) is 5.75 Å². The fraction of sp³-hybridized carbons (Fsp3) is 0.333. The quantitative estimate of drug-likeness (QED) is 0.568. The van der Waals surface area contributed by atoms with Crippen molar-refractivity contribution in [2.45, 2.75) is 19.4 Å². The van der Waals surface area contributed by atoms with Gasteiger partial charge >= 0.3 is 5.69 Å². The monoisotopic (exact) mass is 196 g/mol. The Morgan fingerprint density at radius 3 is 2.79 bits per heavy atom. The highest BCUT2D eigenvalue weighted by Gasteiger charge is 2.15. The van der Waals surface area contributed by atoms with E-state index in [4.69, 9.17) is 5.73 Å². The molecule has 1 atom stereocenters. The molecule has 0 fully saturated rings. The lowest BCUT2D eigenvalue weighted by molar-refractivity contribution is -0.385. The second-order valence-electron chi connectivity index (χ2n) is 3.02. The first-order valence-corrected chi connectivity index (χ1v) is 4.29. The van der Waals surface area contributed by atoms with E-state index >= 15 is 0 Å². The minimum Gasteiger partial charge on any atom is -0.502 e. The van der Waals surface area contributed by atoms with Crippen molar-refractivity contribution in [2.75, 3.05) is 0 Å². The third-order valence-electron chi connectivity index (χ3n) is 2.06. The molecule has 0 heterocycles. The van der Waals surface area contributed by atoms with Crippen LogP contribution >= 0.6 is 0 Å². The van der Waals surface area contributed by atoms with E-state index in [1.165, 1.54) is 12.1 Å². The molecule has 0 saturated carbocycles. The molecule has 0 aliphatic carbocycles. The van der Waals surface area contributed by atoms with E-state index in [1.807, 2.05) is 6.92 Å². The van der Waals surface area contributed by atoms with Gasteiger partial charge in [-0.15, -0.1) is 0 Å². The summed E-state index contributed by atoms with van der Waals surface area (Å²) < 4.78 is 0. The summed E-state index contributed by atoms with van der Waals surface area (Å²) in [6.07, 6.45) is 0.696. The summed E-state index contributed by atoms with van der Waals surface area (Å²) in [7, 11) is 0. The molecule has 0 unspecified atom stereocenters. The van der Waals surface area contributed by atoms with Gasteiger partial charge in [0.2, 0.25) is 0 Å². The van der Waals surface area contributed by atoms with Gasteiger partial charge in [0.15, 0.2) is 5.75 Å². The summed E-state index contributed by atoms with van der Waals surface area (Å²) in [5, 5.41) is 19.7. The molecule has 5 heteroatoms. The van der Waals surface area contributed by atoms with Gasteiger partial charge in [0.1, 0.15) is 0 Å². The van der Waals surface area contributed by atoms with E-state index in [-0.39, 0.29) is 17.5 Å². The smallest absolute Gasteiger partial charge is 0.311 e. The molecule has 3 N–H and O–H groups in total. The number of phenols is 1. The van der Waals surface area contributed by atoms with Gasteiger partial charge in [-0.2, -0.15) is 0 Å². The van der Waals surface area contributed by atoms with Crippen LogP contribution in [-0.2, 0) is 0 Å². The molecule has 1 aromatic carbocycles. The zero-order chi connectivity index (χ0) is 10.7. The van der Waals surface area contributed by atoms with Crippen LogP contribution < -0.4 is 5.73 Å². The molecule has 0 spiro atoms. The molecule has 0 aromatic heterocycles. The van der Waals surface area contributed by atoms with Crippen LogP contribution in [0.2, 0.25) is 0 Å². The van der Waals surface area contributed by atoms with Gasteiger partial charge in [0.25, 0.3) is 0 Å². The molecular weight excluding hydrogens is 184 g/mol. The largest absolute Gasteiger partial charge is 0.502 e. The molecule has 0 amide bonds. The van der Waals surface area contributed by atoms with Crippen LogP contribution in [-0.4, -0.2) is 10.0 Å². The Kier molecular flexibility index (Phi) is 3.03. The first-order valence-electron chi connectivity index (χ1n) is 4.29. The highest BCUT2D eigenvalue weighted by atomic mass is 16.6. The number of nitro benzene ring substituents is 1. The number of aromatic hydroxyl groups is 1. The highest BCUT2D eigenvalue weighted by molar-refractivity contribution is 5.48. The van der Waals surface area contributed by atoms with Crippen molar-refractivity contribution in [2.24, 2.45) is 5.73 Å². The van der Waals surface area contributed by atoms with E-state index in [2.05, 4.69) is 0 Å². The zero-order valence-corrected chi connectivity index (χ0v) is 7.80. The van der Waals surface area contributed by atoms with Gasteiger partial charge in [-0.3, -0.25) is 10.1 Å². The Morgan fingerprint density at radius 1 is 1.64 bits per heavy atom. The number of hydrogen-bond donors (Lipinski definition) is 2. The van der Waals surface area contributed by atoms with E-state index in [0.717, 1.165) is 0 Å². The highest BCUT2D eigenvalue weighted by Crippen LogP contribution is 2.28. The molecule has 1 aromatic rings. The van der Waals surface area contributed by atoms with Gasteiger partial charge in [0.05, 0.1) is 4.92 Å². The van der Waals surface area contributed by atoms with Crippen molar-refractivity contribution in [3.63, 3.8) is 0 Å². The van der Waals surface area contributed by atoms with Crippen molar-refractivity contribution < 1.29 is 10.0 Å². The summed E-state index contributed by atoms with van der Waals surface area (Å²) >= 11 is 0. The minimum absolute atomic E-state index is 0.228. The molecule has 14 heavy (non-hydrogen) atoms.